The number of aromatic nitrogens is 4. The molecule has 0 spiro atoms. The van der Waals surface area contributed by atoms with Crippen LogP contribution in [-0.2, 0) is 6.54 Å². The Hall–Kier alpha value is -3.35. The number of fused-ring (bicyclic) bond motifs is 1. The maximum Gasteiger partial charge on any atom is 0.198 e. The molecule has 7 nitrogen and oxygen atoms in total. The normalized spacial score (nSPS) is 11.1. The summed E-state index contributed by atoms with van der Waals surface area (Å²) in [6, 6.07) is 10.7. The molecule has 3 heterocycles. The summed E-state index contributed by atoms with van der Waals surface area (Å²) in [5, 5.41) is 14.3. The first kappa shape index (κ1) is 13.3. The number of rotatable bonds is 3. The van der Waals surface area contributed by atoms with E-state index in [1.807, 2.05) is 12.1 Å². The Morgan fingerprint density at radius 2 is 2.00 bits per heavy atom. The molecule has 0 saturated heterocycles. The van der Waals surface area contributed by atoms with Crippen LogP contribution in [0.3, 0.4) is 0 Å². The van der Waals surface area contributed by atoms with E-state index in [2.05, 4.69) is 15.1 Å². The Balaban J connectivity index is 1.76. The molecule has 0 saturated carbocycles. The highest BCUT2D eigenvalue weighted by Crippen LogP contribution is 2.23. The highest BCUT2D eigenvalue weighted by atomic mass is 16.3. The molecule has 0 radical (unpaired) electrons. The van der Waals surface area contributed by atoms with Crippen LogP contribution in [0.25, 0.3) is 22.6 Å². The van der Waals surface area contributed by atoms with Crippen LogP contribution in [0.2, 0.25) is 0 Å². The van der Waals surface area contributed by atoms with Gasteiger partial charge in [0.05, 0.1) is 19.0 Å². The number of benzene rings is 1. The van der Waals surface area contributed by atoms with E-state index in [1.54, 1.807) is 41.4 Å². The molecule has 0 aliphatic carbocycles. The molecule has 3 N–H and O–H groups in total. The number of phenolic OH excluding ortho intramolecular Hbond substituents is 1. The van der Waals surface area contributed by atoms with Crippen molar-refractivity contribution in [3.8, 4) is 17.3 Å². The average molecular weight is 307 g/mol. The summed E-state index contributed by atoms with van der Waals surface area (Å²) in [5.74, 6) is 1.48. The van der Waals surface area contributed by atoms with E-state index in [9.17, 15) is 5.11 Å². The Kier molecular flexibility index (Phi) is 2.97. The minimum Gasteiger partial charge on any atom is -0.508 e. The van der Waals surface area contributed by atoms with Crippen LogP contribution < -0.4 is 5.73 Å². The third kappa shape index (κ3) is 2.38. The van der Waals surface area contributed by atoms with Gasteiger partial charge in [-0.15, -0.1) is 0 Å². The Labute approximate surface area is 131 Å². The number of nitrogens with zero attached hydrogens (tertiary/aromatic N) is 4. The van der Waals surface area contributed by atoms with Gasteiger partial charge < -0.3 is 15.3 Å². The van der Waals surface area contributed by atoms with Gasteiger partial charge in [-0.2, -0.15) is 5.10 Å². The van der Waals surface area contributed by atoms with E-state index in [1.165, 1.54) is 0 Å². The zero-order valence-corrected chi connectivity index (χ0v) is 12.0. The maximum absolute atomic E-state index is 9.86. The molecule has 4 rings (SSSR count). The van der Waals surface area contributed by atoms with E-state index >= 15 is 0 Å². The number of para-hydroxylation sites is 1. The second-order valence-electron chi connectivity index (χ2n) is 5.10. The fourth-order valence-corrected chi connectivity index (χ4v) is 2.40. The van der Waals surface area contributed by atoms with Crippen molar-refractivity contribution in [2.24, 2.45) is 0 Å². The lowest BCUT2D eigenvalue weighted by Crippen LogP contribution is -2.00. The second kappa shape index (κ2) is 5.13. The van der Waals surface area contributed by atoms with Gasteiger partial charge in [-0.3, -0.25) is 4.68 Å². The van der Waals surface area contributed by atoms with E-state index in [0.29, 0.717) is 29.2 Å². The molecule has 4 aromatic rings. The van der Waals surface area contributed by atoms with Crippen LogP contribution in [0.4, 0.5) is 5.82 Å². The maximum atomic E-state index is 9.86. The molecule has 0 fully saturated rings. The lowest BCUT2D eigenvalue weighted by molar-refractivity contribution is 0.464. The van der Waals surface area contributed by atoms with E-state index in [-0.39, 0.29) is 11.6 Å². The predicted octanol–water partition coefficient (Wildman–Crippen LogP) is 2.42. The van der Waals surface area contributed by atoms with Gasteiger partial charge in [0.25, 0.3) is 0 Å². The van der Waals surface area contributed by atoms with Gasteiger partial charge in [-0.1, -0.05) is 18.2 Å². The number of hydrogen-bond acceptors (Lipinski definition) is 6. The zero-order valence-electron chi connectivity index (χ0n) is 12.0. The van der Waals surface area contributed by atoms with Crippen LogP contribution >= 0.6 is 0 Å². The lowest BCUT2D eigenvalue weighted by Gasteiger charge is -2.03. The van der Waals surface area contributed by atoms with Gasteiger partial charge in [0.15, 0.2) is 22.9 Å². The fraction of sp³-hybridized carbons (Fsp3) is 0.0625. The minimum absolute atomic E-state index is 0.224. The quantitative estimate of drug-likeness (QED) is 0.602. The van der Waals surface area contributed by atoms with Crippen molar-refractivity contribution in [1.29, 1.82) is 0 Å². The molecule has 1 aromatic carbocycles. The predicted molar refractivity (Wildman–Crippen MR) is 84.6 cm³/mol. The summed E-state index contributed by atoms with van der Waals surface area (Å²) in [7, 11) is 0. The molecule has 3 aromatic heterocycles. The average Bonchev–Trinajstić information content (AvgIpc) is 3.19. The standard InChI is InChI=1S/C16H13N5O2/c17-15-14-11(18-16(19-15)13-6-3-7-23-13)9-21(20-14)8-10-4-1-2-5-12(10)22/h1-7,9,22H,8H2,(H2,17,18,19). The molecule has 0 amide bonds. The highest BCUT2D eigenvalue weighted by Gasteiger charge is 2.13. The number of phenols is 1. The molecule has 0 atom stereocenters. The van der Waals surface area contributed by atoms with Crippen LogP contribution in [0.1, 0.15) is 5.56 Å². The van der Waals surface area contributed by atoms with Gasteiger partial charge in [0.2, 0.25) is 0 Å². The number of furan rings is 1. The lowest BCUT2D eigenvalue weighted by atomic mass is 10.2. The van der Waals surface area contributed by atoms with Gasteiger partial charge in [0.1, 0.15) is 11.3 Å². The zero-order chi connectivity index (χ0) is 15.8. The van der Waals surface area contributed by atoms with Crippen LogP contribution in [-0.4, -0.2) is 24.9 Å². The molecule has 0 aliphatic rings. The summed E-state index contributed by atoms with van der Waals surface area (Å²) in [6.07, 6.45) is 3.33. The molecule has 0 bridgehead atoms. The molecule has 23 heavy (non-hydrogen) atoms. The van der Waals surface area contributed by atoms with Crippen molar-refractivity contribution < 1.29 is 9.52 Å². The summed E-state index contributed by atoms with van der Waals surface area (Å²) < 4.78 is 6.98. The Bertz CT molecular complexity index is 975. The molecule has 7 heteroatoms. The van der Waals surface area contributed by atoms with Crippen molar-refractivity contribution in [1.82, 2.24) is 19.7 Å². The van der Waals surface area contributed by atoms with E-state index in [4.69, 9.17) is 10.2 Å². The highest BCUT2D eigenvalue weighted by molar-refractivity contribution is 5.85. The number of nitrogen functional groups attached to an aromatic ring is 1. The van der Waals surface area contributed by atoms with Crippen molar-refractivity contribution in [3.05, 3.63) is 54.4 Å². The first-order valence-electron chi connectivity index (χ1n) is 7.02. The van der Waals surface area contributed by atoms with Crippen LogP contribution in [0, 0.1) is 0 Å². The summed E-state index contributed by atoms with van der Waals surface area (Å²) in [4.78, 5) is 8.66. The first-order valence-corrected chi connectivity index (χ1v) is 7.02. The van der Waals surface area contributed by atoms with Crippen LogP contribution in [0.5, 0.6) is 5.75 Å². The SMILES string of the molecule is Nc1nc(-c2ccco2)nc2cn(Cc3ccccc3O)nc12. The molecule has 114 valence electrons. The van der Waals surface area contributed by atoms with Gasteiger partial charge in [-0.05, 0) is 18.2 Å². The molecular formula is C16H13N5O2. The summed E-state index contributed by atoms with van der Waals surface area (Å²) in [5.41, 5.74) is 7.89. The monoisotopic (exact) mass is 307 g/mol. The Morgan fingerprint density at radius 1 is 1.13 bits per heavy atom. The Morgan fingerprint density at radius 3 is 2.78 bits per heavy atom. The topological polar surface area (TPSA) is 103 Å². The summed E-state index contributed by atoms with van der Waals surface area (Å²) in [6.45, 7) is 0.415. The minimum atomic E-state index is 0.224. The molecule has 0 unspecified atom stereocenters. The fourth-order valence-electron chi connectivity index (χ4n) is 2.40. The largest absolute Gasteiger partial charge is 0.508 e. The number of hydrogen-bond donors (Lipinski definition) is 2. The number of anilines is 1. The second-order valence-corrected chi connectivity index (χ2v) is 5.10. The van der Waals surface area contributed by atoms with E-state index < -0.39 is 0 Å². The molecular weight excluding hydrogens is 294 g/mol. The van der Waals surface area contributed by atoms with Gasteiger partial charge in [0, 0.05) is 5.56 Å². The third-order valence-electron chi connectivity index (χ3n) is 3.50. The van der Waals surface area contributed by atoms with Gasteiger partial charge in [-0.25, -0.2) is 9.97 Å². The smallest absolute Gasteiger partial charge is 0.198 e. The number of nitrogens with two attached hydrogens (primary N) is 1. The first-order chi connectivity index (χ1) is 11.2. The summed E-state index contributed by atoms with van der Waals surface area (Å²) >= 11 is 0. The van der Waals surface area contributed by atoms with Crippen molar-refractivity contribution in [2.45, 2.75) is 6.54 Å². The van der Waals surface area contributed by atoms with Crippen molar-refractivity contribution >= 4 is 16.9 Å². The van der Waals surface area contributed by atoms with Crippen LogP contribution in [0.15, 0.2) is 53.3 Å². The molecule has 0 aliphatic heterocycles. The van der Waals surface area contributed by atoms with Crippen molar-refractivity contribution in [2.75, 3.05) is 5.73 Å². The number of aromatic hydroxyl groups is 1. The van der Waals surface area contributed by atoms with Crippen molar-refractivity contribution in [3.63, 3.8) is 0 Å². The third-order valence-corrected chi connectivity index (χ3v) is 3.50. The van der Waals surface area contributed by atoms with Gasteiger partial charge >= 0.3 is 0 Å². The van der Waals surface area contributed by atoms with E-state index in [0.717, 1.165) is 5.56 Å².